The van der Waals surface area contributed by atoms with E-state index >= 15 is 0 Å². The fourth-order valence-corrected chi connectivity index (χ4v) is 4.77. The highest BCUT2D eigenvalue weighted by Crippen LogP contribution is 2.41. The highest BCUT2D eigenvalue weighted by Gasteiger charge is 2.33. The van der Waals surface area contributed by atoms with Gasteiger partial charge in [0.1, 0.15) is 0 Å². The number of anilines is 1. The van der Waals surface area contributed by atoms with Crippen molar-refractivity contribution in [1.29, 1.82) is 0 Å². The lowest BCUT2D eigenvalue weighted by atomic mass is 9.91. The predicted molar refractivity (Wildman–Crippen MR) is 151 cm³/mol. The number of hydrogen-bond donors (Lipinski definition) is 3. The van der Waals surface area contributed by atoms with Crippen LogP contribution >= 0.6 is 28.1 Å². The van der Waals surface area contributed by atoms with Gasteiger partial charge in [-0.3, -0.25) is 4.79 Å². The number of benzene rings is 3. The summed E-state index contributed by atoms with van der Waals surface area (Å²) in [5.74, 6) is 0.947. The summed E-state index contributed by atoms with van der Waals surface area (Å²) in [6.45, 7) is 4.61. The van der Waals surface area contributed by atoms with Crippen LogP contribution in [0.15, 0.2) is 76.8 Å². The Balaban J connectivity index is 1.84. The first-order chi connectivity index (χ1) is 17.4. The first kappa shape index (κ1) is 25.7. The zero-order valence-electron chi connectivity index (χ0n) is 20.4. The van der Waals surface area contributed by atoms with Gasteiger partial charge in [0, 0.05) is 5.69 Å². The summed E-state index contributed by atoms with van der Waals surface area (Å²) in [5, 5.41) is 9.97. The number of amides is 1. The summed E-state index contributed by atoms with van der Waals surface area (Å²) in [6, 6.07) is 20.7. The second-order valence-corrected chi connectivity index (χ2v) is 9.65. The molecule has 1 heterocycles. The van der Waals surface area contributed by atoms with E-state index in [4.69, 9.17) is 21.7 Å². The number of carbonyl (C=O) groups is 1. The van der Waals surface area contributed by atoms with E-state index < -0.39 is 6.04 Å². The lowest BCUT2D eigenvalue weighted by Gasteiger charge is -2.32. The van der Waals surface area contributed by atoms with Crippen molar-refractivity contribution in [3.05, 3.63) is 93.5 Å². The molecule has 4 rings (SSSR count). The Bertz CT molecular complexity index is 1290. The van der Waals surface area contributed by atoms with Crippen molar-refractivity contribution < 1.29 is 14.3 Å². The van der Waals surface area contributed by atoms with E-state index in [2.05, 4.69) is 31.9 Å². The number of hydrogen-bond acceptors (Lipinski definition) is 4. The number of aryl methyl sites for hydroxylation is 1. The van der Waals surface area contributed by atoms with Crippen molar-refractivity contribution in [2.75, 3.05) is 19.0 Å². The van der Waals surface area contributed by atoms with E-state index in [1.165, 1.54) is 0 Å². The Morgan fingerprint density at radius 2 is 1.83 bits per heavy atom. The van der Waals surface area contributed by atoms with Crippen LogP contribution in [0.4, 0.5) is 5.69 Å². The maximum absolute atomic E-state index is 13.8. The van der Waals surface area contributed by atoms with Gasteiger partial charge in [0.15, 0.2) is 16.6 Å². The molecule has 0 aromatic heterocycles. The standard InChI is InChI=1S/C28H28BrN3O3S/c1-4-14-35-26-21(29)15-19(16-22(26)34-3)25-23(27(33)30-20-12-10-17(2)11-13-20)24(31-28(36)32-25)18-8-6-5-7-9-18/h5-13,15-16,25H,4,14H2,1-3H3,(H,30,33)(H2,31,32,36). The molecule has 6 nitrogen and oxygen atoms in total. The fraction of sp³-hybridized carbons (Fsp3) is 0.214. The largest absolute Gasteiger partial charge is 0.493 e. The van der Waals surface area contributed by atoms with Gasteiger partial charge in [-0.1, -0.05) is 55.0 Å². The Labute approximate surface area is 225 Å². The van der Waals surface area contributed by atoms with Crippen LogP contribution in [-0.2, 0) is 4.79 Å². The quantitative estimate of drug-likeness (QED) is 0.286. The van der Waals surface area contributed by atoms with E-state index in [0.717, 1.165) is 27.6 Å². The highest BCUT2D eigenvalue weighted by molar-refractivity contribution is 9.10. The molecule has 0 bridgehead atoms. The minimum atomic E-state index is -0.537. The first-order valence-corrected chi connectivity index (χ1v) is 12.9. The molecule has 0 saturated carbocycles. The molecule has 1 unspecified atom stereocenters. The molecule has 0 spiro atoms. The number of nitrogens with one attached hydrogen (secondary N) is 3. The fourth-order valence-electron chi connectivity index (χ4n) is 3.98. The van der Waals surface area contributed by atoms with Gasteiger partial charge in [0.25, 0.3) is 5.91 Å². The maximum Gasteiger partial charge on any atom is 0.256 e. The van der Waals surface area contributed by atoms with Crippen LogP contribution in [0.1, 0.15) is 36.1 Å². The van der Waals surface area contributed by atoms with Gasteiger partial charge >= 0.3 is 0 Å². The zero-order chi connectivity index (χ0) is 25.7. The Kier molecular flexibility index (Phi) is 8.28. The zero-order valence-corrected chi connectivity index (χ0v) is 22.8. The SMILES string of the molecule is CCCOc1c(Br)cc(C2NC(=S)NC(c3ccccc3)=C2C(=O)Nc2ccc(C)cc2)cc1OC. The summed E-state index contributed by atoms with van der Waals surface area (Å²) in [4.78, 5) is 13.8. The summed E-state index contributed by atoms with van der Waals surface area (Å²) in [6.07, 6.45) is 0.869. The lowest BCUT2D eigenvalue weighted by Crippen LogP contribution is -2.45. The molecule has 1 aliphatic rings. The predicted octanol–water partition coefficient (Wildman–Crippen LogP) is 6.12. The number of thiocarbonyl (C=S) groups is 1. The van der Waals surface area contributed by atoms with E-state index in [-0.39, 0.29) is 5.91 Å². The van der Waals surface area contributed by atoms with Crippen LogP contribution in [0.3, 0.4) is 0 Å². The second-order valence-electron chi connectivity index (χ2n) is 8.39. The normalized spacial score (nSPS) is 15.1. The summed E-state index contributed by atoms with van der Waals surface area (Å²) >= 11 is 9.20. The monoisotopic (exact) mass is 565 g/mol. The van der Waals surface area contributed by atoms with Crippen molar-refractivity contribution in [3.8, 4) is 11.5 Å². The number of methoxy groups -OCH3 is 1. The number of halogens is 1. The minimum absolute atomic E-state index is 0.244. The summed E-state index contributed by atoms with van der Waals surface area (Å²) in [7, 11) is 1.60. The molecule has 0 fully saturated rings. The molecule has 3 N–H and O–H groups in total. The van der Waals surface area contributed by atoms with E-state index in [1.54, 1.807) is 7.11 Å². The highest BCUT2D eigenvalue weighted by atomic mass is 79.9. The topological polar surface area (TPSA) is 71.6 Å². The Morgan fingerprint density at radius 1 is 1.11 bits per heavy atom. The van der Waals surface area contributed by atoms with Gasteiger partial charge in [-0.05, 0) is 76.9 Å². The van der Waals surface area contributed by atoms with Crippen molar-refractivity contribution in [2.24, 2.45) is 0 Å². The van der Waals surface area contributed by atoms with Gasteiger partial charge in [-0.25, -0.2) is 0 Å². The smallest absolute Gasteiger partial charge is 0.256 e. The van der Waals surface area contributed by atoms with Gasteiger partial charge in [0.2, 0.25) is 0 Å². The van der Waals surface area contributed by atoms with Crippen molar-refractivity contribution in [1.82, 2.24) is 10.6 Å². The molecular weight excluding hydrogens is 538 g/mol. The molecule has 3 aromatic carbocycles. The van der Waals surface area contributed by atoms with Gasteiger partial charge in [-0.15, -0.1) is 0 Å². The molecule has 1 aliphatic heterocycles. The average molecular weight is 567 g/mol. The number of rotatable bonds is 8. The second kappa shape index (κ2) is 11.6. The molecule has 1 amide bonds. The van der Waals surface area contributed by atoms with Crippen LogP contribution in [0.2, 0.25) is 0 Å². The summed E-state index contributed by atoms with van der Waals surface area (Å²) in [5.41, 5.74) is 4.63. The Morgan fingerprint density at radius 3 is 2.50 bits per heavy atom. The number of carbonyl (C=O) groups excluding carboxylic acids is 1. The summed E-state index contributed by atoms with van der Waals surface area (Å²) < 4.78 is 12.3. The molecule has 0 radical (unpaired) electrons. The average Bonchev–Trinajstić information content (AvgIpc) is 2.88. The number of ether oxygens (including phenoxy) is 2. The van der Waals surface area contributed by atoms with Crippen LogP contribution in [0, 0.1) is 6.92 Å². The van der Waals surface area contributed by atoms with Crippen LogP contribution in [-0.4, -0.2) is 24.7 Å². The van der Waals surface area contributed by atoms with Crippen molar-refractivity contribution >= 4 is 50.6 Å². The van der Waals surface area contributed by atoms with Crippen molar-refractivity contribution in [3.63, 3.8) is 0 Å². The molecule has 36 heavy (non-hydrogen) atoms. The molecule has 8 heteroatoms. The maximum atomic E-state index is 13.8. The Hall–Kier alpha value is -3.36. The van der Waals surface area contributed by atoms with Crippen LogP contribution < -0.4 is 25.4 Å². The van der Waals surface area contributed by atoms with Crippen LogP contribution in [0.25, 0.3) is 5.70 Å². The molecular formula is C28H28BrN3O3S. The van der Waals surface area contributed by atoms with Crippen LogP contribution in [0.5, 0.6) is 11.5 Å². The molecule has 186 valence electrons. The third kappa shape index (κ3) is 5.71. The van der Waals surface area contributed by atoms with Gasteiger partial charge in [-0.2, -0.15) is 0 Å². The van der Waals surface area contributed by atoms with Crippen molar-refractivity contribution in [2.45, 2.75) is 26.3 Å². The minimum Gasteiger partial charge on any atom is -0.493 e. The first-order valence-electron chi connectivity index (χ1n) is 11.7. The third-order valence-electron chi connectivity index (χ3n) is 5.72. The molecule has 1 atom stereocenters. The third-order valence-corrected chi connectivity index (χ3v) is 6.53. The lowest BCUT2D eigenvalue weighted by molar-refractivity contribution is -0.113. The molecule has 0 saturated heterocycles. The van der Waals surface area contributed by atoms with Gasteiger partial charge in [0.05, 0.1) is 35.5 Å². The van der Waals surface area contributed by atoms with Gasteiger partial charge < -0.3 is 25.4 Å². The van der Waals surface area contributed by atoms with E-state index in [9.17, 15) is 4.79 Å². The molecule has 3 aromatic rings. The molecule has 0 aliphatic carbocycles. The van der Waals surface area contributed by atoms with E-state index in [0.29, 0.717) is 40.2 Å². The van der Waals surface area contributed by atoms with E-state index in [1.807, 2.05) is 80.6 Å².